The largest absolute Gasteiger partial charge is 0.319 e. The summed E-state index contributed by atoms with van der Waals surface area (Å²) in [6.07, 6.45) is 3.26. The van der Waals surface area contributed by atoms with Gasteiger partial charge in [-0.2, -0.15) is 5.26 Å². The van der Waals surface area contributed by atoms with Crippen molar-refractivity contribution in [2.75, 3.05) is 5.32 Å². The summed E-state index contributed by atoms with van der Waals surface area (Å²) in [5.74, 6) is -2.45. The van der Waals surface area contributed by atoms with E-state index in [0.29, 0.717) is 17.5 Å². The van der Waals surface area contributed by atoms with E-state index < -0.39 is 17.5 Å². The zero-order chi connectivity index (χ0) is 18.1. The molecule has 1 aromatic carbocycles. The number of imidazole rings is 1. The highest BCUT2D eigenvalue weighted by atomic mass is 32.1. The summed E-state index contributed by atoms with van der Waals surface area (Å²) in [6, 6.07) is 4.58. The Morgan fingerprint density at radius 3 is 2.84 bits per heavy atom. The number of anilines is 1. The van der Waals surface area contributed by atoms with Crippen molar-refractivity contribution in [3.05, 3.63) is 57.9 Å². The van der Waals surface area contributed by atoms with Gasteiger partial charge in [0.2, 0.25) is 0 Å². The van der Waals surface area contributed by atoms with E-state index in [9.17, 15) is 18.8 Å². The number of carbonyl (C=O) groups excluding carboxylic acids is 1. The Morgan fingerprint density at radius 2 is 2.16 bits per heavy atom. The number of hydrogen-bond acceptors (Lipinski definition) is 4. The van der Waals surface area contributed by atoms with Gasteiger partial charge in [-0.05, 0) is 32.1 Å². The molecule has 5 nitrogen and oxygen atoms in total. The van der Waals surface area contributed by atoms with Crippen LogP contribution in [0.25, 0.3) is 11.0 Å². The molecule has 3 rings (SSSR count). The molecule has 0 unspecified atom stereocenters. The molecule has 0 spiro atoms. The van der Waals surface area contributed by atoms with Crippen molar-refractivity contribution in [3.63, 3.8) is 0 Å². The number of nitriles is 1. The number of aromatic nitrogens is 2. The summed E-state index contributed by atoms with van der Waals surface area (Å²) >= 11 is 1.49. The molecule has 0 atom stereocenters. The molecule has 3 aromatic rings. The van der Waals surface area contributed by atoms with Gasteiger partial charge in [-0.1, -0.05) is 0 Å². The summed E-state index contributed by atoms with van der Waals surface area (Å²) in [6.45, 7) is 3.70. The number of nitrogens with zero attached hydrogens (tertiary/aromatic N) is 3. The van der Waals surface area contributed by atoms with E-state index in [0.717, 1.165) is 22.0 Å². The molecule has 0 aliphatic rings. The topological polar surface area (TPSA) is 70.2 Å². The first-order valence-electron chi connectivity index (χ1n) is 7.22. The van der Waals surface area contributed by atoms with Crippen molar-refractivity contribution in [3.8, 4) is 6.07 Å². The summed E-state index contributed by atoms with van der Waals surface area (Å²) < 4.78 is 28.4. The Morgan fingerprint density at radius 1 is 1.40 bits per heavy atom. The molecule has 0 saturated carbocycles. The summed E-state index contributed by atoms with van der Waals surface area (Å²) in [7, 11) is 0. The second kappa shape index (κ2) is 6.45. The molecule has 0 fully saturated rings. The monoisotopic (exact) mass is 358 g/mol. The Balaban J connectivity index is 1.95. The highest BCUT2D eigenvalue weighted by Crippen LogP contribution is 2.23. The zero-order valence-corrected chi connectivity index (χ0v) is 14.1. The highest BCUT2D eigenvalue weighted by molar-refractivity contribution is 7.17. The molecule has 0 aliphatic heterocycles. The number of halogens is 2. The van der Waals surface area contributed by atoms with Gasteiger partial charge in [-0.3, -0.25) is 9.20 Å². The minimum Gasteiger partial charge on any atom is -0.319 e. The van der Waals surface area contributed by atoms with Gasteiger partial charge in [-0.25, -0.2) is 13.8 Å². The second-order valence-corrected chi connectivity index (χ2v) is 6.54. The Bertz CT molecular complexity index is 1060. The molecule has 25 heavy (non-hydrogen) atoms. The lowest BCUT2D eigenvalue weighted by molar-refractivity contribution is -0.112. The van der Waals surface area contributed by atoms with Crippen LogP contribution in [0.3, 0.4) is 0 Å². The molecule has 1 amide bonds. The first-order chi connectivity index (χ1) is 11.9. The van der Waals surface area contributed by atoms with Crippen molar-refractivity contribution in [2.24, 2.45) is 0 Å². The van der Waals surface area contributed by atoms with Crippen LogP contribution in [0.2, 0.25) is 0 Å². The third kappa shape index (κ3) is 3.27. The fraction of sp³-hybridized carbons (Fsp3) is 0.118. The van der Waals surface area contributed by atoms with Crippen LogP contribution in [0, 0.1) is 36.8 Å². The number of thiazole rings is 1. The molecule has 1 N–H and O–H groups in total. The third-order valence-corrected chi connectivity index (χ3v) is 4.39. The minimum absolute atomic E-state index is 0.200. The predicted octanol–water partition coefficient (Wildman–Crippen LogP) is 3.84. The maximum atomic E-state index is 13.7. The quantitative estimate of drug-likeness (QED) is 0.571. The summed E-state index contributed by atoms with van der Waals surface area (Å²) in [5, 5.41) is 11.6. The van der Waals surface area contributed by atoms with E-state index in [-0.39, 0.29) is 11.3 Å². The number of benzene rings is 1. The Kier molecular flexibility index (Phi) is 4.33. The molecule has 0 aliphatic carbocycles. The van der Waals surface area contributed by atoms with E-state index >= 15 is 0 Å². The SMILES string of the molecule is Cc1cn2c(/C=C(/C#N)C(=O)Nc3ccc(F)cc3F)c(C)nc2s1. The van der Waals surface area contributed by atoms with Gasteiger partial charge in [-0.15, -0.1) is 11.3 Å². The molecular formula is C17H12F2N4OS. The van der Waals surface area contributed by atoms with Gasteiger partial charge < -0.3 is 5.32 Å². The average molecular weight is 358 g/mol. The normalized spacial score (nSPS) is 11.6. The van der Waals surface area contributed by atoms with Crippen molar-refractivity contribution >= 4 is 34.0 Å². The first kappa shape index (κ1) is 16.8. The number of rotatable bonds is 3. The van der Waals surface area contributed by atoms with Crippen molar-refractivity contribution in [2.45, 2.75) is 13.8 Å². The molecule has 126 valence electrons. The minimum atomic E-state index is -0.915. The zero-order valence-electron chi connectivity index (χ0n) is 13.3. The fourth-order valence-corrected chi connectivity index (χ4v) is 3.20. The van der Waals surface area contributed by atoms with Gasteiger partial charge in [0.05, 0.1) is 17.1 Å². The number of amides is 1. The number of fused-ring (bicyclic) bond motifs is 1. The number of hydrogen-bond donors (Lipinski definition) is 1. The van der Waals surface area contributed by atoms with E-state index in [2.05, 4.69) is 10.3 Å². The lowest BCUT2D eigenvalue weighted by Crippen LogP contribution is -2.14. The van der Waals surface area contributed by atoms with Gasteiger partial charge in [0.15, 0.2) is 4.96 Å². The maximum Gasteiger partial charge on any atom is 0.266 e. The summed E-state index contributed by atoms with van der Waals surface area (Å²) in [5.41, 5.74) is 0.858. The third-order valence-electron chi connectivity index (χ3n) is 3.49. The number of aryl methyl sites for hydroxylation is 2. The first-order valence-corrected chi connectivity index (χ1v) is 8.04. The number of carbonyl (C=O) groups is 1. The second-order valence-electron chi connectivity index (χ2n) is 5.32. The lowest BCUT2D eigenvalue weighted by atomic mass is 10.2. The summed E-state index contributed by atoms with van der Waals surface area (Å²) in [4.78, 5) is 18.4. The van der Waals surface area contributed by atoms with E-state index in [1.54, 1.807) is 17.4 Å². The van der Waals surface area contributed by atoms with Crippen molar-refractivity contribution < 1.29 is 13.6 Å². The fourth-order valence-electron chi connectivity index (χ4n) is 2.32. The van der Waals surface area contributed by atoms with Gasteiger partial charge in [0.1, 0.15) is 23.3 Å². The van der Waals surface area contributed by atoms with Gasteiger partial charge in [0, 0.05) is 17.1 Å². The number of nitrogens with one attached hydrogen (secondary N) is 1. The van der Waals surface area contributed by atoms with Crippen LogP contribution < -0.4 is 5.32 Å². The molecule has 8 heteroatoms. The van der Waals surface area contributed by atoms with Crippen LogP contribution in [-0.4, -0.2) is 15.3 Å². The van der Waals surface area contributed by atoms with Gasteiger partial charge in [0.25, 0.3) is 5.91 Å². The maximum absolute atomic E-state index is 13.7. The van der Waals surface area contributed by atoms with Gasteiger partial charge >= 0.3 is 0 Å². The van der Waals surface area contributed by atoms with Crippen LogP contribution in [-0.2, 0) is 4.79 Å². The Labute approximate surface area is 145 Å². The van der Waals surface area contributed by atoms with Crippen LogP contribution in [0.1, 0.15) is 16.3 Å². The van der Waals surface area contributed by atoms with E-state index in [1.165, 1.54) is 17.4 Å². The van der Waals surface area contributed by atoms with Crippen LogP contribution in [0.4, 0.5) is 14.5 Å². The van der Waals surface area contributed by atoms with Crippen LogP contribution in [0.15, 0.2) is 30.0 Å². The van der Waals surface area contributed by atoms with Crippen molar-refractivity contribution in [1.82, 2.24) is 9.38 Å². The molecule has 0 radical (unpaired) electrons. The molecular weight excluding hydrogens is 346 g/mol. The lowest BCUT2D eigenvalue weighted by Gasteiger charge is -2.05. The molecule has 0 bridgehead atoms. The Hall–Kier alpha value is -3.05. The standard InChI is InChI=1S/C17H12F2N4OS/c1-9-8-23-15(10(2)21-17(23)25-9)5-11(7-20)16(24)22-14-4-3-12(18)6-13(14)19/h3-6,8H,1-2H3,(H,22,24)/b11-5-. The van der Waals surface area contributed by atoms with E-state index in [1.807, 2.05) is 13.1 Å². The van der Waals surface area contributed by atoms with Crippen molar-refractivity contribution in [1.29, 1.82) is 5.26 Å². The highest BCUT2D eigenvalue weighted by Gasteiger charge is 2.16. The smallest absolute Gasteiger partial charge is 0.266 e. The molecule has 2 aromatic heterocycles. The average Bonchev–Trinajstić information content (AvgIpc) is 3.03. The predicted molar refractivity (Wildman–Crippen MR) is 91.1 cm³/mol. The molecule has 0 saturated heterocycles. The molecule has 2 heterocycles. The van der Waals surface area contributed by atoms with Crippen LogP contribution >= 0.6 is 11.3 Å². The van der Waals surface area contributed by atoms with E-state index in [4.69, 9.17) is 0 Å². The van der Waals surface area contributed by atoms with Crippen LogP contribution in [0.5, 0.6) is 0 Å².